The van der Waals surface area contributed by atoms with Gasteiger partial charge in [-0.05, 0) is 75.6 Å². The van der Waals surface area contributed by atoms with E-state index in [1.54, 1.807) is 68.5 Å². The zero-order valence-electron chi connectivity index (χ0n) is 22.8. The van der Waals surface area contributed by atoms with Crippen LogP contribution in [0, 0.1) is 17.8 Å². The number of rotatable bonds is 13. The summed E-state index contributed by atoms with van der Waals surface area (Å²) in [7, 11) is -8.76. The summed E-state index contributed by atoms with van der Waals surface area (Å²) >= 11 is 0. The van der Waals surface area contributed by atoms with Gasteiger partial charge in [0.1, 0.15) is 0 Å². The third-order valence-electron chi connectivity index (χ3n) is 7.18. The first-order valence-corrected chi connectivity index (χ1v) is 16.2. The molecule has 0 aromatic heterocycles. The number of hydrogen-bond donors (Lipinski definition) is 0. The molecular weight excluding hydrogens is 552 g/mol. The monoisotopic (exact) mass is 588 g/mol. The van der Waals surface area contributed by atoms with Crippen LogP contribution in [0.2, 0.25) is 0 Å². The molecule has 0 aliphatic heterocycles. The largest absolute Gasteiger partial charge is 0.465 e. The van der Waals surface area contributed by atoms with E-state index >= 15 is 0 Å². The molecule has 0 N–H and O–H groups in total. The fraction of sp³-hybridized carbons (Fsp3) is 0.400. The third kappa shape index (κ3) is 6.23. The molecule has 3 rings (SSSR count). The average molecular weight is 589 g/mol. The third-order valence-corrected chi connectivity index (χ3v) is 12.9. The highest BCUT2D eigenvalue weighted by Crippen LogP contribution is 2.53. The van der Waals surface area contributed by atoms with Gasteiger partial charge in [0, 0.05) is 0 Å². The van der Waals surface area contributed by atoms with Crippen molar-refractivity contribution in [2.24, 2.45) is 17.8 Å². The van der Waals surface area contributed by atoms with Gasteiger partial charge < -0.3 is 9.47 Å². The van der Waals surface area contributed by atoms with Crippen molar-refractivity contribution in [1.29, 1.82) is 0 Å². The average Bonchev–Trinajstić information content (AvgIpc) is 3.33. The zero-order chi connectivity index (χ0) is 29.4. The minimum absolute atomic E-state index is 0.0289. The maximum Gasteiger partial charge on any atom is 0.320 e. The lowest BCUT2D eigenvalue weighted by Gasteiger charge is -2.29. The van der Waals surface area contributed by atoms with Gasteiger partial charge in [0.2, 0.25) is 0 Å². The van der Waals surface area contributed by atoms with E-state index in [1.807, 2.05) is 0 Å². The molecule has 0 amide bonds. The quantitative estimate of drug-likeness (QED) is 0.184. The van der Waals surface area contributed by atoms with Crippen molar-refractivity contribution in [2.45, 2.75) is 53.4 Å². The Morgan fingerprint density at radius 1 is 0.875 bits per heavy atom. The summed E-state index contributed by atoms with van der Waals surface area (Å²) < 4.78 is 64.8. The van der Waals surface area contributed by atoms with Gasteiger partial charge in [-0.1, -0.05) is 54.6 Å². The van der Waals surface area contributed by atoms with Crippen LogP contribution in [0.15, 0.2) is 95.3 Å². The van der Waals surface area contributed by atoms with E-state index in [2.05, 4.69) is 6.58 Å². The van der Waals surface area contributed by atoms with Gasteiger partial charge in [0.05, 0.1) is 23.0 Å². The molecule has 2 aromatic carbocycles. The molecule has 0 bridgehead atoms. The molecule has 0 radical (unpaired) electrons. The molecule has 0 saturated heterocycles. The fourth-order valence-electron chi connectivity index (χ4n) is 5.23. The first-order chi connectivity index (χ1) is 19.1. The predicted octanol–water partition coefficient (Wildman–Crippen LogP) is 4.92. The maximum absolute atomic E-state index is 14.2. The van der Waals surface area contributed by atoms with E-state index in [-0.39, 0.29) is 48.2 Å². The van der Waals surface area contributed by atoms with Crippen LogP contribution in [-0.2, 0) is 38.7 Å². The molecule has 1 fully saturated rings. The fourth-order valence-corrected chi connectivity index (χ4v) is 10.5. The number of hydrogen-bond acceptors (Lipinski definition) is 8. The topological polar surface area (TPSA) is 121 Å². The molecule has 216 valence electrons. The molecular formula is C30H36O8S2. The van der Waals surface area contributed by atoms with Crippen LogP contribution in [0.4, 0.5) is 0 Å². The van der Waals surface area contributed by atoms with Gasteiger partial charge in [-0.15, -0.1) is 6.58 Å². The Kier molecular flexibility index (Phi) is 10.5. The normalized spacial score (nSPS) is 19.0. The van der Waals surface area contributed by atoms with Gasteiger partial charge >= 0.3 is 11.9 Å². The van der Waals surface area contributed by atoms with Crippen molar-refractivity contribution in [1.82, 2.24) is 0 Å². The number of carbonyl (C=O) groups is 2. The lowest BCUT2D eigenvalue weighted by Crippen LogP contribution is -2.44. The van der Waals surface area contributed by atoms with Crippen LogP contribution in [0.5, 0.6) is 0 Å². The van der Waals surface area contributed by atoms with Crippen LogP contribution >= 0.6 is 0 Å². The molecule has 10 heteroatoms. The van der Waals surface area contributed by atoms with Gasteiger partial charge in [-0.25, -0.2) is 16.8 Å². The highest BCUT2D eigenvalue weighted by Gasteiger charge is 2.61. The standard InChI is InChI=1S/C30H36O8S2/c1-4-14-23-21-30(39(33,34)25-16-9-7-10-17-25,40(35,36)26-18-11-8-12-19-26)22-24(23)15-13-20-27(28(31)37-5-2)29(32)38-6-3/h4,7-13,15-19,23-24,27H,1,5-6,14,20-22H2,2-3H3/b15-13+/t23-,24-/m1/s1. The highest BCUT2D eigenvalue weighted by atomic mass is 32.3. The molecule has 40 heavy (non-hydrogen) atoms. The molecule has 0 spiro atoms. The Morgan fingerprint density at radius 2 is 1.35 bits per heavy atom. The number of sulfone groups is 2. The minimum Gasteiger partial charge on any atom is -0.465 e. The van der Waals surface area contributed by atoms with Crippen molar-refractivity contribution in [2.75, 3.05) is 13.2 Å². The van der Waals surface area contributed by atoms with Crippen molar-refractivity contribution in [3.05, 3.63) is 85.5 Å². The second kappa shape index (κ2) is 13.4. The maximum atomic E-state index is 14.2. The SMILES string of the molecule is C=CC[C@@H]1CC(S(=O)(=O)c2ccccc2)(S(=O)(=O)c2ccccc2)C[C@H]1/C=C/CC(C(=O)OCC)C(=O)OCC. The summed E-state index contributed by atoms with van der Waals surface area (Å²) in [4.78, 5) is 24.7. The highest BCUT2D eigenvalue weighted by molar-refractivity contribution is 8.10. The smallest absolute Gasteiger partial charge is 0.320 e. The van der Waals surface area contributed by atoms with Crippen LogP contribution in [-0.4, -0.2) is 46.1 Å². The van der Waals surface area contributed by atoms with Gasteiger partial charge in [-0.2, -0.15) is 0 Å². The van der Waals surface area contributed by atoms with Crippen LogP contribution in [0.25, 0.3) is 0 Å². The summed E-state index contributed by atoms with van der Waals surface area (Å²) in [6.45, 7) is 7.26. The van der Waals surface area contributed by atoms with Crippen molar-refractivity contribution in [3.8, 4) is 0 Å². The van der Waals surface area contributed by atoms with Crippen LogP contribution in [0.1, 0.15) is 39.5 Å². The number of carbonyl (C=O) groups excluding carboxylic acids is 2. The summed E-state index contributed by atoms with van der Waals surface area (Å²) in [5.41, 5.74) is 0. The van der Waals surface area contributed by atoms with Crippen molar-refractivity contribution in [3.63, 3.8) is 0 Å². The molecule has 1 aliphatic carbocycles. The number of esters is 2. The van der Waals surface area contributed by atoms with Crippen LogP contribution in [0.3, 0.4) is 0 Å². The second-order valence-corrected chi connectivity index (χ2v) is 14.4. The Morgan fingerprint density at radius 3 is 1.77 bits per heavy atom. The molecule has 8 nitrogen and oxygen atoms in total. The lowest BCUT2D eigenvalue weighted by molar-refractivity contribution is -0.161. The molecule has 2 atom stereocenters. The van der Waals surface area contributed by atoms with Gasteiger partial charge in [-0.3, -0.25) is 9.59 Å². The first kappa shape index (κ1) is 31.3. The Balaban J connectivity index is 2.07. The van der Waals surface area contributed by atoms with Crippen molar-refractivity contribution < 1.29 is 35.9 Å². The Bertz CT molecular complexity index is 1330. The van der Waals surface area contributed by atoms with E-state index in [0.29, 0.717) is 6.42 Å². The summed E-state index contributed by atoms with van der Waals surface area (Å²) in [6.07, 6.45) is 4.99. The number of allylic oxidation sites excluding steroid dienone is 3. The molecule has 0 unspecified atom stereocenters. The first-order valence-electron chi connectivity index (χ1n) is 13.3. The van der Waals surface area contributed by atoms with E-state index in [9.17, 15) is 26.4 Å². The number of benzene rings is 2. The van der Waals surface area contributed by atoms with Gasteiger partial charge in [0.25, 0.3) is 0 Å². The number of ether oxygens (including phenoxy) is 2. The predicted molar refractivity (Wildman–Crippen MR) is 152 cm³/mol. The second-order valence-electron chi connectivity index (χ2n) is 9.62. The summed E-state index contributed by atoms with van der Waals surface area (Å²) in [6, 6.07) is 15.2. The molecule has 2 aromatic rings. The van der Waals surface area contributed by atoms with E-state index in [1.165, 1.54) is 24.3 Å². The molecule has 1 saturated carbocycles. The zero-order valence-corrected chi connectivity index (χ0v) is 24.4. The van der Waals surface area contributed by atoms with E-state index in [0.717, 1.165) is 0 Å². The summed E-state index contributed by atoms with van der Waals surface area (Å²) in [5.74, 6) is -3.46. The van der Waals surface area contributed by atoms with Crippen molar-refractivity contribution >= 4 is 31.6 Å². The van der Waals surface area contributed by atoms with Gasteiger partial charge in [0.15, 0.2) is 29.7 Å². The Hall–Kier alpha value is -3.24. The van der Waals surface area contributed by atoms with Crippen LogP contribution < -0.4 is 0 Å². The molecule has 1 aliphatic rings. The van der Waals surface area contributed by atoms with E-state index < -0.39 is 47.5 Å². The lowest BCUT2D eigenvalue weighted by atomic mass is 9.92. The molecule has 0 heterocycles. The summed E-state index contributed by atoms with van der Waals surface area (Å²) in [5, 5.41) is 0. The van der Waals surface area contributed by atoms with E-state index in [4.69, 9.17) is 9.47 Å². The minimum atomic E-state index is -4.38. The Labute approximate surface area is 236 Å².